The maximum absolute atomic E-state index is 13.3. The highest BCUT2D eigenvalue weighted by Gasteiger charge is 2.06. The molecule has 3 nitrogen and oxygen atoms in total. The van der Waals surface area contributed by atoms with Gasteiger partial charge in [0.2, 0.25) is 0 Å². The van der Waals surface area contributed by atoms with Gasteiger partial charge in [0, 0.05) is 17.8 Å². The highest BCUT2D eigenvalue weighted by Crippen LogP contribution is 2.19. The van der Waals surface area contributed by atoms with E-state index < -0.39 is 17.7 Å². The third kappa shape index (κ3) is 3.68. The van der Waals surface area contributed by atoms with E-state index in [0.717, 1.165) is 6.07 Å². The number of halogens is 3. The molecule has 0 aromatic heterocycles. The summed E-state index contributed by atoms with van der Waals surface area (Å²) >= 11 is 5.59. The van der Waals surface area contributed by atoms with Crippen molar-refractivity contribution in [3.63, 3.8) is 0 Å². The first-order valence-corrected chi connectivity index (χ1v) is 6.17. The van der Waals surface area contributed by atoms with Gasteiger partial charge >= 0.3 is 6.03 Å². The molecule has 2 rings (SSSR count). The summed E-state index contributed by atoms with van der Waals surface area (Å²) in [5.74, 6) is -0.957. The van der Waals surface area contributed by atoms with Gasteiger partial charge in [-0.15, -0.1) is 0 Å². The van der Waals surface area contributed by atoms with Gasteiger partial charge in [0.15, 0.2) is 0 Å². The van der Waals surface area contributed by atoms with E-state index in [2.05, 4.69) is 10.6 Å². The van der Waals surface area contributed by atoms with Crippen LogP contribution in [0.4, 0.5) is 19.3 Å². The zero-order chi connectivity index (χ0) is 14.5. The third-order valence-corrected chi connectivity index (χ3v) is 2.86. The minimum Gasteiger partial charge on any atom is -0.334 e. The molecule has 0 aliphatic heterocycles. The quantitative estimate of drug-likeness (QED) is 0.885. The average molecular weight is 297 g/mol. The summed E-state index contributed by atoms with van der Waals surface area (Å²) in [6, 6.07) is 9.42. The third-order valence-electron chi connectivity index (χ3n) is 2.57. The molecule has 0 aliphatic carbocycles. The minimum absolute atomic E-state index is 0.0490. The molecule has 0 fully saturated rings. The molecule has 2 aromatic rings. The van der Waals surface area contributed by atoms with Crippen molar-refractivity contribution in [2.24, 2.45) is 0 Å². The Kier molecular flexibility index (Phi) is 4.53. The first-order chi connectivity index (χ1) is 9.56. The van der Waals surface area contributed by atoms with Crippen molar-refractivity contribution in [1.29, 1.82) is 0 Å². The smallest absolute Gasteiger partial charge is 0.319 e. The maximum atomic E-state index is 13.3. The molecular weight excluding hydrogens is 286 g/mol. The lowest BCUT2D eigenvalue weighted by atomic mass is 10.2. The fourth-order valence-corrected chi connectivity index (χ4v) is 1.75. The molecule has 104 valence electrons. The summed E-state index contributed by atoms with van der Waals surface area (Å²) in [4.78, 5) is 11.6. The first-order valence-electron chi connectivity index (χ1n) is 5.79. The average Bonchev–Trinajstić information content (AvgIpc) is 2.42. The van der Waals surface area contributed by atoms with Gasteiger partial charge in [-0.2, -0.15) is 0 Å². The number of rotatable bonds is 3. The van der Waals surface area contributed by atoms with Crippen LogP contribution in [-0.4, -0.2) is 6.03 Å². The Labute approximate surface area is 119 Å². The van der Waals surface area contributed by atoms with Crippen molar-refractivity contribution < 1.29 is 13.6 Å². The SMILES string of the molecule is O=C(NCc1ccccc1F)Nc1ccc(F)c(Cl)c1. The van der Waals surface area contributed by atoms with Crippen molar-refractivity contribution in [3.8, 4) is 0 Å². The predicted molar refractivity (Wildman–Crippen MR) is 73.7 cm³/mol. The number of nitrogens with one attached hydrogen (secondary N) is 2. The molecule has 0 heterocycles. The summed E-state index contributed by atoms with van der Waals surface area (Å²) < 4.78 is 26.3. The molecular formula is C14H11ClF2N2O. The zero-order valence-corrected chi connectivity index (χ0v) is 11.0. The standard InChI is InChI=1S/C14H11ClF2N2O/c15-11-7-10(5-6-13(11)17)19-14(20)18-8-9-3-1-2-4-12(9)16/h1-7H,8H2,(H2,18,19,20). The van der Waals surface area contributed by atoms with Crippen LogP contribution in [0.25, 0.3) is 0 Å². The van der Waals surface area contributed by atoms with E-state index in [0.29, 0.717) is 11.3 Å². The lowest BCUT2D eigenvalue weighted by Crippen LogP contribution is -2.28. The van der Waals surface area contributed by atoms with Crippen molar-refractivity contribution >= 4 is 23.3 Å². The Hall–Kier alpha value is -2.14. The van der Waals surface area contributed by atoms with Crippen molar-refractivity contribution in [2.75, 3.05) is 5.32 Å². The molecule has 6 heteroatoms. The van der Waals surface area contributed by atoms with Gasteiger partial charge < -0.3 is 10.6 Å². The van der Waals surface area contributed by atoms with E-state index in [1.165, 1.54) is 18.2 Å². The number of anilines is 1. The number of benzene rings is 2. The molecule has 2 N–H and O–H groups in total. The van der Waals surface area contributed by atoms with E-state index in [1.807, 2.05) is 0 Å². The normalized spacial score (nSPS) is 10.2. The molecule has 0 saturated carbocycles. The minimum atomic E-state index is -0.566. The van der Waals surface area contributed by atoms with Crippen LogP contribution in [0.2, 0.25) is 5.02 Å². The van der Waals surface area contributed by atoms with Crippen molar-refractivity contribution in [3.05, 3.63) is 64.7 Å². The van der Waals surface area contributed by atoms with Gasteiger partial charge in [-0.25, -0.2) is 13.6 Å². The number of hydrogen-bond donors (Lipinski definition) is 2. The first kappa shape index (κ1) is 14.3. The monoisotopic (exact) mass is 296 g/mol. The molecule has 0 aliphatic rings. The highest BCUT2D eigenvalue weighted by molar-refractivity contribution is 6.31. The number of urea groups is 1. The van der Waals surface area contributed by atoms with Crippen LogP contribution in [0.5, 0.6) is 0 Å². The summed E-state index contributed by atoms with van der Waals surface area (Å²) in [5.41, 5.74) is 0.724. The molecule has 2 aromatic carbocycles. The number of carbonyl (C=O) groups is 1. The van der Waals surface area contributed by atoms with Crippen LogP contribution in [0.15, 0.2) is 42.5 Å². The zero-order valence-electron chi connectivity index (χ0n) is 10.3. The van der Waals surface area contributed by atoms with Gasteiger partial charge in [0.25, 0.3) is 0 Å². The molecule has 0 bridgehead atoms. The van der Waals surface area contributed by atoms with E-state index in [9.17, 15) is 13.6 Å². The molecule has 0 saturated heterocycles. The molecule has 0 radical (unpaired) electrons. The van der Waals surface area contributed by atoms with E-state index >= 15 is 0 Å². The highest BCUT2D eigenvalue weighted by atomic mass is 35.5. The second-order valence-corrected chi connectivity index (χ2v) is 4.44. The number of carbonyl (C=O) groups excluding carboxylic acids is 1. The summed E-state index contributed by atoms with van der Waals surface area (Å²) in [5, 5.41) is 4.89. The summed E-state index contributed by atoms with van der Waals surface area (Å²) in [7, 11) is 0. The van der Waals surface area contributed by atoms with Crippen molar-refractivity contribution in [2.45, 2.75) is 6.54 Å². The topological polar surface area (TPSA) is 41.1 Å². The molecule has 0 spiro atoms. The van der Waals surface area contributed by atoms with Crippen LogP contribution in [0.1, 0.15) is 5.56 Å². The Balaban J connectivity index is 1.93. The summed E-state index contributed by atoms with van der Waals surface area (Å²) in [6.07, 6.45) is 0. The lowest BCUT2D eigenvalue weighted by molar-refractivity contribution is 0.251. The molecule has 0 unspecified atom stereocenters. The Bertz CT molecular complexity index is 634. The van der Waals surface area contributed by atoms with Crippen LogP contribution in [0.3, 0.4) is 0 Å². The van der Waals surface area contributed by atoms with Gasteiger partial charge in [0.1, 0.15) is 11.6 Å². The Morgan fingerprint density at radius 2 is 1.85 bits per heavy atom. The van der Waals surface area contributed by atoms with Gasteiger partial charge in [-0.05, 0) is 24.3 Å². The van der Waals surface area contributed by atoms with E-state index in [-0.39, 0.29) is 11.6 Å². The summed E-state index contributed by atoms with van der Waals surface area (Å²) in [6.45, 7) is 0.0490. The Morgan fingerprint density at radius 1 is 1.10 bits per heavy atom. The van der Waals surface area contributed by atoms with Crippen LogP contribution in [-0.2, 0) is 6.54 Å². The predicted octanol–water partition coefficient (Wildman–Crippen LogP) is 3.94. The van der Waals surface area contributed by atoms with E-state index in [1.54, 1.807) is 18.2 Å². The lowest BCUT2D eigenvalue weighted by Gasteiger charge is -2.08. The number of amides is 2. The second kappa shape index (κ2) is 6.34. The van der Waals surface area contributed by atoms with Gasteiger partial charge in [-0.3, -0.25) is 0 Å². The van der Waals surface area contributed by atoms with Crippen LogP contribution in [0, 0.1) is 11.6 Å². The van der Waals surface area contributed by atoms with Gasteiger partial charge in [0.05, 0.1) is 5.02 Å². The second-order valence-electron chi connectivity index (χ2n) is 4.03. The van der Waals surface area contributed by atoms with Crippen LogP contribution >= 0.6 is 11.6 Å². The molecule has 2 amide bonds. The van der Waals surface area contributed by atoms with Crippen LogP contribution < -0.4 is 10.6 Å². The fraction of sp³-hybridized carbons (Fsp3) is 0.0714. The fourth-order valence-electron chi connectivity index (χ4n) is 1.57. The maximum Gasteiger partial charge on any atom is 0.319 e. The number of hydrogen-bond acceptors (Lipinski definition) is 1. The molecule has 20 heavy (non-hydrogen) atoms. The van der Waals surface area contributed by atoms with Crippen molar-refractivity contribution in [1.82, 2.24) is 5.32 Å². The Morgan fingerprint density at radius 3 is 2.55 bits per heavy atom. The van der Waals surface area contributed by atoms with Gasteiger partial charge in [-0.1, -0.05) is 29.8 Å². The molecule has 0 atom stereocenters. The van der Waals surface area contributed by atoms with E-state index in [4.69, 9.17) is 11.6 Å². The largest absolute Gasteiger partial charge is 0.334 e.